The molecule has 2 aromatic carbocycles. The highest BCUT2D eigenvalue weighted by Gasteiger charge is 2.33. The first kappa shape index (κ1) is 17.0. The van der Waals surface area contributed by atoms with E-state index in [0.717, 1.165) is 27.7 Å². The van der Waals surface area contributed by atoms with Gasteiger partial charge in [-0.1, -0.05) is 35.9 Å². The molecule has 1 atom stereocenters. The summed E-state index contributed by atoms with van der Waals surface area (Å²) in [5, 5.41) is 1.02. The lowest BCUT2D eigenvalue weighted by Crippen LogP contribution is -2.27. The molecule has 0 saturated carbocycles. The molecule has 0 saturated heterocycles. The van der Waals surface area contributed by atoms with Gasteiger partial charge in [0.1, 0.15) is 0 Å². The summed E-state index contributed by atoms with van der Waals surface area (Å²) >= 11 is 0. The zero-order valence-electron chi connectivity index (χ0n) is 14.9. The molecule has 0 radical (unpaired) electrons. The van der Waals surface area contributed by atoms with Crippen LogP contribution < -0.4 is 0 Å². The fourth-order valence-electron chi connectivity index (χ4n) is 3.99. The molecule has 3 aromatic rings. The minimum Gasteiger partial charge on any atom is -0.284 e. The number of hydrogen-bond acceptors (Lipinski definition) is 3. The molecule has 4 rings (SSSR count). The van der Waals surface area contributed by atoms with Crippen LogP contribution in [0.4, 0.5) is 0 Å². The lowest BCUT2D eigenvalue weighted by Gasteiger charge is -2.25. The number of rotatable bonds is 3. The third kappa shape index (κ3) is 2.67. The molecule has 1 aliphatic rings. The van der Waals surface area contributed by atoms with Crippen molar-refractivity contribution in [1.82, 2.24) is 4.57 Å². The van der Waals surface area contributed by atoms with Gasteiger partial charge in [0.05, 0.1) is 16.2 Å². The van der Waals surface area contributed by atoms with Crippen molar-refractivity contribution in [3.8, 4) is 0 Å². The molecule has 1 aromatic heterocycles. The second-order valence-corrected chi connectivity index (χ2v) is 9.12. The van der Waals surface area contributed by atoms with E-state index in [1.807, 2.05) is 50.2 Å². The number of hydrogen-bond donors (Lipinski definition) is 0. The highest BCUT2D eigenvalue weighted by Crippen LogP contribution is 2.38. The van der Waals surface area contributed by atoms with Gasteiger partial charge in [-0.3, -0.25) is 9.36 Å². The van der Waals surface area contributed by atoms with E-state index in [1.54, 1.807) is 16.7 Å². The maximum Gasteiger partial charge on any atom is 0.231 e. The zero-order chi connectivity index (χ0) is 18.5. The van der Waals surface area contributed by atoms with E-state index >= 15 is 0 Å². The number of carbonyl (C=O) groups excluding carboxylic acids is 1. The standard InChI is InChI=1S/C21H21NO3S/c1-14-7-10-17(11-8-14)26(24,25)13-16-9-12-20(23)22-19-6-4-3-5-18(19)15(2)21(16)22/h3-8,10-11,16H,9,12-13H2,1-2H3. The minimum absolute atomic E-state index is 0.0283. The minimum atomic E-state index is -3.42. The molecule has 2 heterocycles. The Morgan fingerprint density at radius 1 is 1.04 bits per heavy atom. The first-order chi connectivity index (χ1) is 12.4. The number of benzene rings is 2. The van der Waals surface area contributed by atoms with Gasteiger partial charge in [0.15, 0.2) is 9.84 Å². The van der Waals surface area contributed by atoms with Gasteiger partial charge in [0.2, 0.25) is 5.91 Å². The van der Waals surface area contributed by atoms with Gasteiger partial charge in [0.25, 0.3) is 0 Å². The average Bonchev–Trinajstić information content (AvgIpc) is 2.92. The zero-order valence-corrected chi connectivity index (χ0v) is 15.7. The predicted octanol–water partition coefficient (Wildman–Crippen LogP) is 4.25. The predicted molar refractivity (Wildman–Crippen MR) is 103 cm³/mol. The maximum absolute atomic E-state index is 12.9. The maximum atomic E-state index is 12.9. The third-order valence-corrected chi connectivity index (χ3v) is 7.15. The number of para-hydroxylation sites is 1. The summed E-state index contributed by atoms with van der Waals surface area (Å²) in [6, 6.07) is 14.8. The highest BCUT2D eigenvalue weighted by atomic mass is 32.2. The van der Waals surface area contributed by atoms with Crippen molar-refractivity contribution >= 4 is 26.6 Å². The molecular formula is C21H21NO3S. The van der Waals surface area contributed by atoms with Crippen LogP contribution in [0.1, 0.15) is 40.4 Å². The molecule has 0 aliphatic carbocycles. The molecule has 0 bridgehead atoms. The second-order valence-electron chi connectivity index (χ2n) is 7.09. The lowest BCUT2D eigenvalue weighted by molar-refractivity contribution is 0.0882. The molecular weight excluding hydrogens is 346 g/mol. The molecule has 0 fully saturated rings. The molecule has 4 nitrogen and oxygen atoms in total. The van der Waals surface area contributed by atoms with Crippen molar-refractivity contribution < 1.29 is 13.2 Å². The van der Waals surface area contributed by atoms with Crippen LogP contribution in [0.25, 0.3) is 10.9 Å². The van der Waals surface area contributed by atoms with Gasteiger partial charge in [-0.2, -0.15) is 0 Å². The van der Waals surface area contributed by atoms with Crippen LogP contribution in [-0.2, 0) is 9.84 Å². The van der Waals surface area contributed by atoms with Crippen LogP contribution in [0.15, 0.2) is 53.4 Å². The lowest BCUT2D eigenvalue weighted by atomic mass is 9.95. The second kappa shape index (κ2) is 6.09. The van der Waals surface area contributed by atoms with Gasteiger partial charge in [-0.15, -0.1) is 0 Å². The van der Waals surface area contributed by atoms with Gasteiger partial charge in [-0.05, 0) is 44.0 Å². The van der Waals surface area contributed by atoms with E-state index in [2.05, 4.69) is 0 Å². The molecule has 26 heavy (non-hydrogen) atoms. The fourth-order valence-corrected chi connectivity index (χ4v) is 5.59. The summed E-state index contributed by atoms with van der Waals surface area (Å²) in [6.45, 7) is 3.92. The van der Waals surface area contributed by atoms with E-state index in [0.29, 0.717) is 17.7 Å². The van der Waals surface area contributed by atoms with Crippen LogP contribution in [0.3, 0.4) is 0 Å². The van der Waals surface area contributed by atoms with Gasteiger partial charge >= 0.3 is 0 Å². The van der Waals surface area contributed by atoms with Crippen molar-refractivity contribution in [2.75, 3.05) is 5.75 Å². The Morgan fingerprint density at radius 2 is 1.73 bits per heavy atom. The number of sulfone groups is 1. The fraction of sp³-hybridized carbons (Fsp3) is 0.286. The Labute approximate surface area is 153 Å². The molecule has 0 amide bonds. The Balaban J connectivity index is 1.80. The van der Waals surface area contributed by atoms with E-state index in [-0.39, 0.29) is 17.6 Å². The number of fused-ring (bicyclic) bond motifs is 3. The van der Waals surface area contributed by atoms with Crippen molar-refractivity contribution in [2.45, 2.75) is 37.5 Å². The Hall–Kier alpha value is -2.40. The van der Waals surface area contributed by atoms with Crippen molar-refractivity contribution in [3.05, 3.63) is 65.4 Å². The van der Waals surface area contributed by atoms with Crippen LogP contribution >= 0.6 is 0 Å². The summed E-state index contributed by atoms with van der Waals surface area (Å²) in [7, 11) is -3.42. The summed E-state index contributed by atoms with van der Waals surface area (Å²) in [6.07, 6.45) is 0.945. The summed E-state index contributed by atoms with van der Waals surface area (Å²) < 4.78 is 27.6. The largest absolute Gasteiger partial charge is 0.284 e. The SMILES string of the molecule is Cc1ccc(S(=O)(=O)CC2CCC(=O)n3c2c(C)c2ccccc23)cc1. The van der Waals surface area contributed by atoms with E-state index < -0.39 is 9.84 Å². The Bertz CT molecular complexity index is 1110. The van der Waals surface area contributed by atoms with Crippen molar-refractivity contribution in [3.63, 3.8) is 0 Å². The molecule has 5 heteroatoms. The summed E-state index contributed by atoms with van der Waals surface area (Å²) in [5.74, 6) is -0.0970. The quantitative estimate of drug-likeness (QED) is 0.695. The van der Waals surface area contributed by atoms with E-state index in [4.69, 9.17) is 0 Å². The van der Waals surface area contributed by atoms with Crippen molar-refractivity contribution in [2.24, 2.45) is 0 Å². The topological polar surface area (TPSA) is 56.1 Å². The molecule has 0 N–H and O–H groups in total. The average molecular weight is 367 g/mol. The van der Waals surface area contributed by atoms with E-state index in [1.165, 1.54) is 0 Å². The number of aromatic nitrogens is 1. The smallest absolute Gasteiger partial charge is 0.231 e. The van der Waals surface area contributed by atoms with E-state index in [9.17, 15) is 13.2 Å². The summed E-state index contributed by atoms with van der Waals surface area (Å²) in [5.41, 5.74) is 3.78. The first-order valence-corrected chi connectivity index (χ1v) is 10.5. The normalized spacial score (nSPS) is 17.5. The number of carbonyl (C=O) groups is 1. The van der Waals surface area contributed by atoms with Gasteiger partial charge in [-0.25, -0.2) is 8.42 Å². The molecule has 134 valence electrons. The number of nitrogens with zero attached hydrogens (tertiary/aromatic N) is 1. The first-order valence-electron chi connectivity index (χ1n) is 8.81. The number of aryl methyl sites for hydroxylation is 2. The Kier molecular flexibility index (Phi) is 3.99. The van der Waals surface area contributed by atoms with Crippen LogP contribution in [0, 0.1) is 13.8 Å². The van der Waals surface area contributed by atoms with Crippen LogP contribution in [0.2, 0.25) is 0 Å². The van der Waals surface area contributed by atoms with Crippen LogP contribution in [-0.4, -0.2) is 24.6 Å². The third-order valence-electron chi connectivity index (χ3n) is 5.32. The molecule has 1 aliphatic heterocycles. The van der Waals surface area contributed by atoms with Gasteiger partial charge in [0, 0.05) is 23.4 Å². The van der Waals surface area contributed by atoms with Crippen LogP contribution in [0.5, 0.6) is 0 Å². The highest BCUT2D eigenvalue weighted by molar-refractivity contribution is 7.91. The summed E-state index contributed by atoms with van der Waals surface area (Å²) in [4.78, 5) is 12.9. The Morgan fingerprint density at radius 3 is 2.46 bits per heavy atom. The molecule has 0 spiro atoms. The van der Waals surface area contributed by atoms with Gasteiger partial charge < -0.3 is 0 Å². The molecule has 1 unspecified atom stereocenters. The van der Waals surface area contributed by atoms with Crippen molar-refractivity contribution in [1.29, 1.82) is 0 Å². The monoisotopic (exact) mass is 367 g/mol.